The molecule has 5 radical (unpaired) electrons. The van der Waals surface area contributed by atoms with Crippen molar-refractivity contribution in [2.45, 2.75) is 0 Å². The Morgan fingerprint density at radius 2 is 1.00 bits per heavy atom. The molecule has 0 rings (SSSR count). The summed E-state index contributed by atoms with van der Waals surface area (Å²) in [6.07, 6.45) is 0. The van der Waals surface area contributed by atoms with Crippen LogP contribution < -0.4 is 0 Å². The molecule has 5 heavy (non-hydrogen) atoms. The van der Waals surface area contributed by atoms with Crippen molar-refractivity contribution in [2.75, 3.05) is 0 Å². The van der Waals surface area contributed by atoms with Crippen molar-refractivity contribution < 1.29 is 83.5 Å². The third-order valence-electron chi connectivity index (χ3n) is 0. The molecule has 0 aromatic rings. The van der Waals surface area contributed by atoms with Crippen molar-refractivity contribution in [3.63, 3.8) is 0 Å². The second-order valence-electron chi connectivity index (χ2n) is 0. The fourth-order valence-electron chi connectivity index (χ4n) is 0. The Kier molecular flexibility index (Phi) is 222. The average molecular weight is 281 g/mol. The van der Waals surface area contributed by atoms with Crippen molar-refractivity contribution in [3.05, 3.63) is 0 Å². The molecule has 0 aliphatic rings. The smallest absolute Gasteiger partial charge is 0 e. The summed E-state index contributed by atoms with van der Waals surface area (Å²) >= 11 is 0. The predicted octanol–water partition coefficient (Wildman–Crippen LogP) is -0.391. The molecule has 0 bridgehead atoms. The van der Waals surface area contributed by atoms with Crippen LogP contribution in [0.5, 0.6) is 0 Å². The van der Waals surface area contributed by atoms with Gasteiger partial charge in [-0.1, -0.05) is 0 Å². The van der Waals surface area contributed by atoms with Crippen molar-refractivity contribution in [3.8, 4) is 0 Å². The Morgan fingerprint density at radius 1 is 1.00 bits per heavy atom. The largest absolute Gasteiger partial charge is 0 e. The third-order valence-corrected chi connectivity index (χ3v) is 0. The Labute approximate surface area is 99.1 Å². The molecule has 0 unspecified atom stereocenters. The van der Waals surface area contributed by atoms with Gasteiger partial charge in [-0.25, -0.2) is 0 Å². The predicted molar refractivity (Wildman–Crippen MR) is 5.75 cm³/mol. The van der Waals surface area contributed by atoms with Gasteiger partial charge in [-0.15, -0.1) is 0 Å². The minimum atomic E-state index is 0. The molecular weight excluding hydrogens is 281 g/mol. The minimum absolute atomic E-state index is 0. The average Bonchev–Trinajstić information content (AvgIpc) is 0. The van der Waals surface area contributed by atoms with Crippen LogP contribution in [0.1, 0.15) is 0 Å². The first-order chi connectivity index (χ1) is 0. The van der Waals surface area contributed by atoms with E-state index in [9.17, 15) is 0 Å². The van der Waals surface area contributed by atoms with E-state index in [-0.39, 0.29) is 101 Å². The van der Waals surface area contributed by atoms with E-state index in [0.29, 0.717) is 0 Å². The van der Waals surface area contributed by atoms with Crippen LogP contribution in [-0.2, 0) is 83.5 Å². The monoisotopic (exact) mass is 279 g/mol. The van der Waals surface area contributed by atoms with Crippen LogP contribution in [0.25, 0.3) is 0 Å². The van der Waals surface area contributed by atoms with Crippen molar-refractivity contribution in [1.29, 1.82) is 0 Å². The maximum absolute atomic E-state index is 0. The summed E-state index contributed by atoms with van der Waals surface area (Å²) in [7, 11) is 0. The molecule has 0 aromatic carbocycles. The van der Waals surface area contributed by atoms with Gasteiger partial charge < -0.3 is 0 Å². The van der Waals surface area contributed by atoms with Gasteiger partial charge in [0.2, 0.25) is 0 Å². The molecule has 0 saturated heterocycles. The van der Waals surface area contributed by atoms with Crippen molar-refractivity contribution >= 4 is 17.4 Å². The molecular formula is AlCuTiVZr. The molecule has 5 heteroatoms. The van der Waals surface area contributed by atoms with Crippen molar-refractivity contribution in [1.82, 2.24) is 0 Å². The van der Waals surface area contributed by atoms with Crippen LogP contribution in [0, 0.1) is 0 Å². The number of hydrogen-bond acceptors (Lipinski definition) is 0. The van der Waals surface area contributed by atoms with Gasteiger partial charge in [-0.05, 0) is 0 Å². The zero-order valence-corrected chi connectivity index (χ0v) is 9.84. The number of hydrogen-bond donors (Lipinski definition) is 0. The first kappa shape index (κ1) is 41.2. The zero-order valence-electron chi connectivity index (χ0n) is 2.33. The zero-order chi connectivity index (χ0) is 0. The maximum atomic E-state index is 0. The summed E-state index contributed by atoms with van der Waals surface area (Å²) < 4.78 is 0. The summed E-state index contributed by atoms with van der Waals surface area (Å²) in [6, 6.07) is 0. The van der Waals surface area contributed by atoms with E-state index in [2.05, 4.69) is 0 Å². The first-order valence-electron chi connectivity index (χ1n) is 0. The van der Waals surface area contributed by atoms with Crippen LogP contribution in [-0.4, -0.2) is 17.4 Å². The Morgan fingerprint density at radius 3 is 1.00 bits per heavy atom. The summed E-state index contributed by atoms with van der Waals surface area (Å²) in [4.78, 5) is 0. The van der Waals surface area contributed by atoms with E-state index >= 15 is 0 Å². The first-order valence-corrected chi connectivity index (χ1v) is 0. The van der Waals surface area contributed by atoms with Gasteiger partial charge in [0.1, 0.15) is 0 Å². The summed E-state index contributed by atoms with van der Waals surface area (Å²) in [6.45, 7) is 0. The van der Waals surface area contributed by atoms with E-state index in [1.165, 1.54) is 0 Å². The summed E-state index contributed by atoms with van der Waals surface area (Å²) in [5.41, 5.74) is 0. The molecule has 0 aromatic heterocycles. The van der Waals surface area contributed by atoms with E-state index < -0.39 is 0 Å². The van der Waals surface area contributed by atoms with E-state index in [4.69, 9.17) is 0 Å². The molecule has 0 aliphatic heterocycles. The molecule has 0 spiro atoms. The van der Waals surface area contributed by atoms with E-state index in [0.717, 1.165) is 0 Å². The van der Waals surface area contributed by atoms with Gasteiger partial charge in [-0.2, -0.15) is 0 Å². The van der Waals surface area contributed by atoms with Gasteiger partial charge in [0, 0.05) is 101 Å². The fraction of sp³-hybridized carbons (Fsp3) is 0. The molecule has 0 atom stereocenters. The Balaban J connectivity index is 0. The second kappa shape index (κ2) is 26.9. The van der Waals surface area contributed by atoms with Gasteiger partial charge in [0.05, 0.1) is 0 Å². The number of rotatable bonds is 0. The topological polar surface area (TPSA) is 0 Å². The molecule has 27 valence electrons. The fourth-order valence-corrected chi connectivity index (χ4v) is 0. The van der Waals surface area contributed by atoms with Gasteiger partial charge in [0.25, 0.3) is 0 Å². The summed E-state index contributed by atoms with van der Waals surface area (Å²) in [5, 5.41) is 0. The van der Waals surface area contributed by atoms with Gasteiger partial charge >= 0.3 is 0 Å². The molecule has 0 saturated carbocycles. The molecule has 0 heterocycles. The van der Waals surface area contributed by atoms with Crippen LogP contribution in [0.4, 0.5) is 0 Å². The maximum Gasteiger partial charge on any atom is 0 e. The van der Waals surface area contributed by atoms with Crippen LogP contribution in [0.15, 0.2) is 0 Å². The molecule has 0 nitrogen and oxygen atoms in total. The van der Waals surface area contributed by atoms with Crippen LogP contribution in [0.3, 0.4) is 0 Å². The molecule has 0 amide bonds. The molecule has 0 aliphatic carbocycles. The van der Waals surface area contributed by atoms with Gasteiger partial charge in [0.15, 0.2) is 0 Å². The standard InChI is InChI=1S/Al.Cu.Ti.V.Zr. The van der Waals surface area contributed by atoms with Crippen LogP contribution in [0.2, 0.25) is 0 Å². The van der Waals surface area contributed by atoms with E-state index in [1.807, 2.05) is 0 Å². The normalized spacial score (nSPS) is 0. The van der Waals surface area contributed by atoms with Crippen LogP contribution >= 0.6 is 0 Å². The summed E-state index contributed by atoms with van der Waals surface area (Å²) in [5.74, 6) is 0. The van der Waals surface area contributed by atoms with Gasteiger partial charge in [-0.3, -0.25) is 0 Å². The third kappa shape index (κ3) is 18.9. The quantitative estimate of drug-likeness (QED) is 0.530. The minimum Gasteiger partial charge on any atom is 0 e. The Hall–Kier alpha value is 3.23. The second-order valence-corrected chi connectivity index (χ2v) is 0. The Bertz CT molecular complexity index is 11.6. The SMILES string of the molecule is [Al].[Cu].[Ti].[V].[Zr]. The molecule has 0 fully saturated rings. The van der Waals surface area contributed by atoms with Crippen molar-refractivity contribution in [2.24, 2.45) is 0 Å². The molecule has 0 N–H and O–H groups in total. The van der Waals surface area contributed by atoms with E-state index in [1.54, 1.807) is 0 Å².